The predicted octanol–water partition coefficient (Wildman–Crippen LogP) is 6.98. The van der Waals surface area contributed by atoms with E-state index in [1.54, 1.807) is 35.4 Å². The Balaban J connectivity index is 0.829. The summed E-state index contributed by atoms with van der Waals surface area (Å²) >= 11 is 6.50. The van der Waals surface area contributed by atoms with Crippen molar-refractivity contribution in [2.24, 2.45) is 5.92 Å². The number of piperazine rings is 1. The lowest BCUT2D eigenvalue weighted by Crippen LogP contribution is -2.49. The summed E-state index contributed by atoms with van der Waals surface area (Å²) in [7, 11) is -3.98. The first-order chi connectivity index (χ1) is 30.4. The van der Waals surface area contributed by atoms with Crippen LogP contribution >= 0.6 is 11.6 Å². The molecule has 13 nitrogen and oxygen atoms in total. The van der Waals surface area contributed by atoms with E-state index in [2.05, 4.69) is 24.8 Å². The molecular weight excluding hydrogens is 855 g/mol. The molecule has 0 unspecified atom stereocenters. The molecule has 0 aliphatic carbocycles. The molecule has 63 heavy (non-hydrogen) atoms. The largest absolute Gasteiger partial charge is 0.371 e. The smallest absolute Gasteiger partial charge is 0.301 e. The summed E-state index contributed by atoms with van der Waals surface area (Å²) in [6.07, 6.45) is 8.37. The average Bonchev–Trinajstić information content (AvgIpc) is 3.99. The van der Waals surface area contributed by atoms with E-state index in [9.17, 15) is 18.0 Å². The van der Waals surface area contributed by atoms with E-state index < -0.39 is 45.4 Å². The number of nitrogens with zero attached hydrogens (tertiary/aromatic N) is 7. The van der Waals surface area contributed by atoms with Gasteiger partial charge < -0.3 is 9.80 Å². The van der Waals surface area contributed by atoms with Gasteiger partial charge in [0, 0.05) is 123 Å². The topological polar surface area (TPSA) is 136 Å². The van der Waals surface area contributed by atoms with Crippen LogP contribution in [0.2, 0.25) is 5.02 Å². The molecule has 4 aliphatic heterocycles. The minimum atomic E-state index is -3.98. The molecule has 6 heterocycles. The summed E-state index contributed by atoms with van der Waals surface area (Å²) < 4.78 is 78.4. The molecular formula is C45H47ClF3N9O4S. The fourth-order valence-electron chi connectivity index (χ4n) is 9.22. The summed E-state index contributed by atoms with van der Waals surface area (Å²) in [6, 6.07) is 16.9. The molecule has 18 heteroatoms. The van der Waals surface area contributed by atoms with Crippen molar-refractivity contribution in [2.75, 3.05) is 73.4 Å². The second kappa shape index (κ2) is 17.9. The van der Waals surface area contributed by atoms with Crippen LogP contribution in [0.5, 0.6) is 0 Å². The fourth-order valence-corrected chi connectivity index (χ4v) is 10.7. The van der Waals surface area contributed by atoms with Crippen LogP contribution < -0.4 is 19.8 Å². The molecule has 2 N–H and O–H groups in total. The van der Waals surface area contributed by atoms with Crippen molar-refractivity contribution < 1.29 is 31.2 Å². The van der Waals surface area contributed by atoms with Gasteiger partial charge in [0.15, 0.2) is 5.82 Å². The van der Waals surface area contributed by atoms with E-state index in [0.29, 0.717) is 54.6 Å². The lowest BCUT2D eigenvalue weighted by Gasteiger charge is -2.40. The minimum Gasteiger partial charge on any atom is -0.371 e. The van der Waals surface area contributed by atoms with Crippen LogP contribution in [0, 0.1) is 23.4 Å². The Kier molecular flexibility index (Phi) is 12.2. The Labute approximate surface area is 369 Å². The van der Waals surface area contributed by atoms with Gasteiger partial charge >= 0.3 is 10.2 Å². The molecule has 4 fully saturated rings. The van der Waals surface area contributed by atoms with Crippen molar-refractivity contribution in [3.8, 4) is 28.1 Å². The van der Waals surface area contributed by atoms with Gasteiger partial charge in [0.2, 0.25) is 11.8 Å². The van der Waals surface area contributed by atoms with Gasteiger partial charge in [-0.3, -0.25) is 29.5 Å². The first-order valence-electron chi connectivity index (χ1n) is 21.3. The van der Waals surface area contributed by atoms with Gasteiger partial charge in [0.1, 0.15) is 17.3 Å². The van der Waals surface area contributed by atoms with Crippen LogP contribution in [0.15, 0.2) is 79.3 Å². The zero-order chi connectivity index (χ0) is 43.8. The van der Waals surface area contributed by atoms with Gasteiger partial charge in [-0.25, -0.2) is 17.9 Å². The molecule has 0 saturated carbocycles. The van der Waals surface area contributed by atoms with Crippen molar-refractivity contribution in [1.82, 2.24) is 29.3 Å². The summed E-state index contributed by atoms with van der Waals surface area (Å²) in [5.41, 5.74) is 3.46. The number of rotatable bonds is 11. The van der Waals surface area contributed by atoms with Gasteiger partial charge in [0.25, 0.3) is 0 Å². The number of hydrogen-bond acceptors (Lipinski definition) is 9. The van der Waals surface area contributed by atoms with Crippen molar-refractivity contribution >= 4 is 50.7 Å². The van der Waals surface area contributed by atoms with Gasteiger partial charge in [-0.2, -0.15) is 17.8 Å². The number of nitrogens with one attached hydrogen (secondary N) is 2. The highest BCUT2D eigenvalue weighted by Gasteiger charge is 2.34. The average molecular weight is 902 g/mol. The molecule has 2 amide bonds. The molecule has 1 atom stereocenters. The number of anilines is 3. The maximum absolute atomic E-state index is 16.4. The first-order valence-corrected chi connectivity index (χ1v) is 23.1. The highest BCUT2D eigenvalue weighted by atomic mass is 35.5. The summed E-state index contributed by atoms with van der Waals surface area (Å²) in [6.45, 7) is 6.48. The van der Waals surface area contributed by atoms with E-state index in [1.165, 1.54) is 28.6 Å². The zero-order valence-electron chi connectivity index (χ0n) is 34.5. The maximum atomic E-state index is 16.4. The number of carbonyl (C=O) groups is 2. The van der Waals surface area contributed by atoms with Crippen molar-refractivity contribution in [2.45, 2.75) is 44.4 Å². The Bertz CT molecular complexity index is 2590. The lowest BCUT2D eigenvalue weighted by molar-refractivity contribution is -0.134. The van der Waals surface area contributed by atoms with E-state index >= 15 is 13.2 Å². The Morgan fingerprint density at radius 3 is 2.08 bits per heavy atom. The number of carbonyl (C=O) groups excluding carboxylic acids is 2. The molecule has 2 aromatic heterocycles. The van der Waals surface area contributed by atoms with Gasteiger partial charge in [-0.05, 0) is 98.7 Å². The molecule has 0 radical (unpaired) electrons. The standard InChI is InChI=1S/C45H47ClF3N9O4S/c46-31-23-36(43(49)40(24-31)53-63(61,62)57-15-1-2-16-57)37-28-58(52-44(37)30-9-13-50-14-10-30)33-5-3-32(4-6-33)56-21-19-54(20-22-56)27-29-11-17-55(18-12-29)34-25-38(47)42(39(48)26-34)35-7-8-41(59)51-45(35)60/h3-6,9-10,13-14,23-26,28-29,35,53H,1-2,7-8,11-12,15-22,27H2,(H,51,59,60)/t35-/m1/s1. The van der Waals surface area contributed by atoms with Gasteiger partial charge in [-0.15, -0.1) is 0 Å². The van der Waals surface area contributed by atoms with E-state index in [-0.39, 0.29) is 34.7 Å². The van der Waals surface area contributed by atoms with Gasteiger partial charge in [-0.1, -0.05) is 11.6 Å². The summed E-state index contributed by atoms with van der Waals surface area (Å²) in [5.74, 6) is -3.95. The number of halogens is 4. The number of aromatic nitrogens is 3. The number of amides is 2. The summed E-state index contributed by atoms with van der Waals surface area (Å²) in [4.78, 5) is 34.8. The normalized spacial score (nSPS) is 19.5. The van der Waals surface area contributed by atoms with Crippen LogP contribution in [-0.4, -0.2) is 103 Å². The molecule has 9 rings (SSSR count). The third kappa shape index (κ3) is 9.14. The van der Waals surface area contributed by atoms with E-state index in [4.69, 9.17) is 16.7 Å². The van der Waals surface area contributed by atoms with E-state index in [0.717, 1.165) is 69.8 Å². The van der Waals surface area contributed by atoms with Crippen LogP contribution in [0.25, 0.3) is 28.1 Å². The van der Waals surface area contributed by atoms with Gasteiger partial charge in [0.05, 0.1) is 17.3 Å². The van der Waals surface area contributed by atoms with E-state index in [1.807, 2.05) is 29.2 Å². The number of hydrogen-bond donors (Lipinski definition) is 2. The molecule has 3 aromatic carbocycles. The molecule has 330 valence electrons. The van der Waals surface area contributed by atoms with Crippen LogP contribution in [0.4, 0.5) is 30.2 Å². The molecule has 5 aromatic rings. The monoisotopic (exact) mass is 901 g/mol. The second-order valence-corrected chi connectivity index (χ2v) is 18.8. The van der Waals surface area contributed by atoms with Crippen molar-refractivity contribution in [1.29, 1.82) is 0 Å². The Morgan fingerprint density at radius 1 is 0.762 bits per heavy atom. The number of piperidine rings is 2. The SMILES string of the molecule is O=C1CC[C@H](c2c(F)cc(N3CCC(CN4CCN(c5ccc(-n6cc(-c7cc(Cl)cc(NS(=O)(=O)N8CCCC8)c7F)c(-c7ccncc7)n6)cc5)CC4)CC3)cc2F)C(=O)N1. The highest BCUT2D eigenvalue weighted by molar-refractivity contribution is 7.90. The molecule has 0 bridgehead atoms. The number of imide groups is 1. The van der Waals surface area contributed by atoms with Crippen molar-refractivity contribution in [3.63, 3.8) is 0 Å². The fraction of sp³-hybridized carbons (Fsp3) is 0.378. The quantitative estimate of drug-likeness (QED) is 0.135. The Hall–Kier alpha value is -5.49. The number of pyridine rings is 1. The highest BCUT2D eigenvalue weighted by Crippen LogP contribution is 2.39. The summed E-state index contributed by atoms with van der Waals surface area (Å²) in [5, 5.41) is 7.23. The predicted molar refractivity (Wildman–Crippen MR) is 236 cm³/mol. The number of benzene rings is 3. The molecule has 0 spiro atoms. The van der Waals surface area contributed by atoms with Crippen molar-refractivity contribution in [3.05, 3.63) is 107 Å². The zero-order valence-corrected chi connectivity index (χ0v) is 36.0. The molecule has 4 saturated heterocycles. The third-order valence-electron chi connectivity index (χ3n) is 12.6. The van der Waals surface area contributed by atoms with Crippen LogP contribution in [-0.2, 0) is 19.8 Å². The first kappa shape index (κ1) is 42.8. The maximum Gasteiger partial charge on any atom is 0.301 e. The second-order valence-electron chi connectivity index (χ2n) is 16.7. The van der Waals surface area contributed by atoms with Crippen LogP contribution in [0.1, 0.15) is 50.0 Å². The third-order valence-corrected chi connectivity index (χ3v) is 14.4. The van der Waals surface area contributed by atoms with Crippen LogP contribution in [0.3, 0.4) is 0 Å². The Morgan fingerprint density at radius 2 is 1.41 bits per heavy atom. The minimum absolute atomic E-state index is 0.0486. The lowest BCUT2D eigenvalue weighted by atomic mass is 9.89. The molecule has 4 aliphatic rings.